The van der Waals surface area contributed by atoms with Crippen molar-refractivity contribution in [3.05, 3.63) is 15.0 Å². The molecule has 0 amide bonds. The molecular formula is C8H10BrNO2S. The van der Waals surface area contributed by atoms with Gasteiger partial charge >= 0.3 is 0 Å². The molecule has 0 radical (unpaired) electrons. The second-order valence-electron chi connectivity index (χ2n) is 3.27. The van der Waals surface area contributed by atoms with Gasteiger partial charge in [0.2, 0.25) is 0 Å². The SMILES string of the molecule is COC1CC(O)(c2nc(Br)cs2)C1. The van der Waals surface area contributed by atoms with E-state index in [1.807, 2.05) is 5.38 Å². The summed E-state index contributed by atoms with van der Waals surface area (Å²) < 4.78 is 5.91. The highest BCUT2D eigenvalue weighted by atomic mass is 79.9. The molecule has 5 heteroatoms. The van der Waals surface area contributed by atoms with Crippen LogP contribution in [0.1, 0.15) is 17.8 Å². The third kappa shape index (κ3) is 1.66. The van der Waals surface area contributed by atoms with E-state index in [1.54, 1.807) is 7.11 Å². The number of rotatable bonds is 2. The van der Waals surface area contributed by atoms with Gasteiger partial charge in [0.15, 0.2) is 0 Å². The minimum Gasteiger partial charge on any atom is -0.382 e. The maximum atomic E-state index is 10.0. The van der Waals surface area contributed by atoms with Crippen LogP contribution in [0.2, 0.25) is 0 Å². The molecule has 1 N–H and O–H groups in total. The van der Waals surface area contributed by atoms with Gasteiger partial charge in [-0.25, -0.2) is 4.98 Å². The monoisotopic (exact) mass is 263 g/mol. The molecule has 1 saturated carbocycles. The molecule has 0 spiro atoms. The predicted octanol–water partition coefficient (Wildman–Crippen LogP) is 1.90. The summed E-state index contributed by atoms with van der Waals surface area (Å²) in [7, 11) is 1.67. The normalized spacial score (nSPS) is 33.0. The molecule has 1 aliphatic carbocycles. The molecule has 0 unspecified atom stereocenters. The molecular weight excluding hydrogens is 254 g/mol. The number of thiazole rings is 1. The van der Waals surface area contributed by atoms with E-state index in [4.69, 9.17) is 4.74 Å². The Labute approximate surface area is 88.9 Å². The fourth-order valence-electron chi connectivity index (χ4n) is 1.50. The number of nitrogens with zero attached hydrogens (tertiary/aromatic N) is 1. The summed E-state index contributed by atoms with van der Waals surface area (Å²) in [5.74, 6) is 0. The standard InChI is InChI=1S/C8H10BrNO2S/c1-12-5-2-8(11,3-5)7-10-6(9)4-13-7/h4-5,11H,2-3H2,1H3. The Morgan fingerprint density at radius 1 is 1.77 bits per heavy atom. The van der Waals surface area contributed by atoms with E-state index in [-0.39, 0.29) is 6.10 Å². The molecule has 0 atom stereocenters. The van der Waals surface area contributed by atoms with E-state index in [0.29, 0.717) is 12.8 Å². The summed E-state index contributed by atoms with van der Waals surface area (Å²) in [6.45, 7) is 0. The molecule has 72 valence electrons. The van der Waals surface area contributed by atoms with E-state index in [9.17, 15) is 5.11 Å². The number of hydrogen-bond donors (Lipinski definition) is 1. The van der Waals surface area contributed by atoms with Gasteiger partial charge < -0.3 is 9.84 Å². The summed E-state index contributed by atoms with van der Waals surface area (Å²) in [6, 6.07) is 0. The molecule has 0 saturated heterocycles. The number of ether oxygens (including phenoxy) is 1. The number of aromatic nitrogens is 1. The molecule has 3 nitrogen and oxygen atoms in total. The number of hydrogen-bond acceptors (Lipinski definition) is 4. The van der Waals surface area contributed by atoms with E-state index in [2.05, 4.69) is 20.9 Å². The zero-order chi connectivity index (χ0) is 9.47. The van der Waals surface area contributed by atoms with Crippen LogP contribution in [0, 0.1) is 0 Å². The van der Waals surface area contributed by atoms with Crippen LogP contribution in [0.15, 0.2) is 9.98 Å². The lowest BCUT2D eigenvalue weighted by atomic mass is 9.78. The third-order valence-corrected chi connectivity index (χ3v) is 4.08. The largest absolute Gasteiger partial charge is 0.382 e. The van der Waals surface area contributed by atoms with Crippen molar-refractivity contribution in [3.8, 4) is 0 Å². The van der Waals surface area contributed by atoms with Gasteiger partial charge in [-0.3, -0.25) is 0 Å². The first-order valence-corrected chi connectivity index (χ1v) is 5.68. The maximum absolute atomic E-state index is 10.0. The van der Waals surface area contributed by atoms with E-state index in [1.165, 1.54) is 11.3 Å². The second-order valence-corrected chi connectivity index (χ2v) is 4.94. The van der Waals surface area contributed by atoms with Crippen molar-refractivity contribution in [2.75, 3.05) is 7.11 Å². The average molecular weight is 264 g/mol. The highest BCUT2D eigenvalue weighted by Crippen LogP contribution is 2.44. The van der Waals surface area contributed by atoms with Gasteiger partial charge in [0.1, 0.15) is 15.2 Å². The van der Waals surface area contributed by atoms with Gasteiger partial charge in [0.05, 0.1) is 6.10 Å². The molecule has 0 aliphatic heterocycles. The number of halogens is 1. The Balaban J connectivity index is 2.10. The van der Waals surface area contributed by atoms with Crippen LogP contribution in [0.5, 0.6) is 0 Å². The lowest BCUT2D eigenvalue weighted by molar-refractivity contribution is -0.133. The van der Waals surface area contributed by atoms with Crippen LogP contribution in [0.4, 0.5) is 0 Å². The minimum atomic E-state index is -0.739. The van der Waals surface area contributed by atoms with Gasteiger partial charge in [-0.15, -0.1) is 11.3 Å². The van der Waals surface area contributed by atoms with Crippen LogP contribution in [0.3, 0.4) is 0 Å². The topological polar surface area (TPSA) is 42.4 Å². The molecule has 13 heavy (non-hydrogen) atoms. The highest BCUT2D eigenvalue weighted by Gasteiger charge is 2.46. The van der Waals surface area contributed by atoms with Crippen LogP contribution in [-0.4, -0.2) is 23.3 Å². The van der Waals surface area contributed by atoms with Crippen molar-refractivity contribution < 1.29 is 9.84 Å². The van der Waals surface area contributed by atoms with Crippen LogP contribution < -0.4 is 0 Å². The first-order valence-electron chi connectivity index (χ1n) is 4.01. The Morgan fingerprint density at radius 3 is 2.92 bits per heavy atom. The smallest absolute Gasteiger partial charge is 0.126 e. The third-order valence-electron chi connectivity index (χ3n) is 2.34. The predicted molar refractivity (Wildman–Crippen MR) is 53.7 cm³/mol. The summed E-state index contributed by atoms with van der Waals surface area (Å²) in [6.07, 6.45) is 1.50. The zero-order valence-corrected chi connectivity index (χ0v) is 9.56. The Bertz CT molecular complexity index is 309. The summed E-state index contributed by atoms with van der Waals surface area (Å²) >= 11 is 4.75. The van der Waals surface area contributed by atoms with Gasteiger partial charge in [-0.1, -0.05) is 0 Å². The molecule has 0 bridgehead atoms. The van der Waals surface area contributed by atoms with Crippen molar-refractivity contribution in [1.82, 2.24) is 4.98 Å². The zero-order valence-electron chi connectivity index (χ0n) is 7.16. The van der Waals surface area contributed by atoms with Gasteiger partial charge in [0.25, 0.3) is 0 Å². The highest BCUT2D eigenvalue weighted by molar-refractivity contribution is 9.10. The van der Waals surface area contributed by atoms with Crippen LogP contribution >= 0.6 is 27.3 Å². The Hall–Kier alpha value is 0.0300. The number of methoxy groups -OCH3 is 1. The van der Waals surface area contributed by atoms with Crippen LogP contribution in [0.25, 0.3) is 0 Å². The fraction of sp³-hybridized carbons (Fsp3) is 0.625. The Kier molecular flexibility index (Phi) is 2.44. The molecule has 1 aliphatic rings. The second kappa shape index (κ2) is 3.31. The molecule has 2 rings (SSSR count). The maximum Gasteiger partial charge on any atom is 0.126 e. The minimum absolute atomic E-state index is 0.188. The molecule has 0 aromatic carbocycles. The quantitative estimate of drug-likeness (QED) is 0.887. The van der Waals surface area contributed by atoms with Crippen LogP contribution in [-0.2, 0) is 10.3 Å². The number of aliphatic hydroxyl groups is 1. The molecule has 1 heterocycles. The molecule has 1 aromatic rings. The van der Waals surface area contributed by atoms with Crippen molar-refractivity contribution in [3.63, 3.8) is 0 Å². The van der Waals surface area contributed by atoms with Crippen molar-refractivity contribution in [1.29, 1.82) is 0 Å². The molecule has 1 aromatic heterocycles. The van der Waals surface area contributed by atoms with Crippen molar-refractivity contribution in [2.24, 2.45) is 0 Å². The summed E-state index contributed by atoms with van der Waals surface area (Å²) in [5, 5.41) is 12.7. The summed E-state index contributed by atoms with van der Waals surface area (Å²) in [5.41, 5.74) is -0.739. The van der Waals surface area contributed by atoms with Gasteiger partial charge in [-0.05, 0) is 15.9 Å². The van der Waals surface area contributed by atoms with E-state index < -0.39 is 5.60 Å². The summed E-state index contributed by atoms with van der Waals surface area (Å²) in [4.78, 5) is 4.20. The molecule has 1 fully saturated rings. The first kappa shape index (κ1) is 9.58. The van der Waals surface area contributed by atoms with Crippen molar-refractivity contribution in [2.45, 2.75) is 24.5 Å². The van der Waals surface area contributed by atoms with Crippen molar-refractivity contribution >= 4 is 27.3 Å². The lowest BCUT2D eigenvalue weighted by Gasteiger charge is -2.40. The van der Waals surface area contributed by atoms with Gasteiger partial charge in [0, 0.05) is 25.3 Å². The first-order chi connectivity index (χ1) is 6.14. The van der Waals surface area contributed by atoms with Gasteiger partial charge in [-0.2, -0.15) is 0 Å². The Morgan fingerprint density at radius 2 is 2.46 bits per heavy atom. The average Bonchev–Trinajstić information content (AvgIpc) is 2.46. The van der Waals surface area contributed by atoms with E-state index >= 15 is 0 Å². The lowest BCUT2D eigenvalue weighted by Crippen LogP contribution is -2.45. The van der Waals surface area contributed by atoms with E-state index in [0.717, 1.165) is 9.61 Å². The fourth-order valence-corrected chi connectivity index (χ4v) is 2.88.